The van der Waals surface area contributed by atoms with Crippen LogP contribution in [0.2, 0.25) is 5.02 Å². The third kappa shape index (κ3) is 3.82. The zero-order valence-corrected chi connectivity index (χ0v) is 14.3. The number of anilines is 1. The highest BCUT2D eigenvalue weighted by Gasteiger charge is 2.26. The van der Waals surface area contributed by atoms with E-state index in [0.717, 1.165) is 25.1 Å². The van der Waals surface area contributed by atoms with Crippen molar-refractivity contribution in [2.45, 2.75) is 23.8 Å². The van der Waals surface area contributed by atoms with E-state index >= 15 is 0 Å². The Labute approximate surface area is 144 Å². The fraction of sp³-hybridized carbons (Fsp3) is 0.333. The Morgan fingerprint density at radius 2 is 2.04 bits per heavy atom. The van der Waals surface area contributed by atoms with Crippen LogP contribution >= 0.6 is 11.6 Å². The maximum Gasteiger partial charge on any atom is 0.240 e. The summed E-state index contributed by atoms with van der Waals surface area (Å²) in [5.41, 5.74) is 0. The van der Waals surface area contributed by atoms with Crippen molar-refractivity contribution in [3.05, 3.63) is 47.5 Å². The lowest BCUT2D eigenvalue weighted by Crippen LogP contribution is -2.48. The summed E-state index contributed by atoms with van der Waals surface area (Å²) in [5.74, 6) is -0.0769. The molecular formula is C15H16ClFN4O2S. The summed E-state index contributed by atoms with van der Waals surface area (Å²) >= 11 is 5.67. The minimum atomic E-state index is -3.77. The SMILES string of the molecule is O=S(=O)(NC1CCCN(c2ncccn2)C1)c1ccc(F)c(Cl)c1. The van der Waals surface area contributed by atoms with Crippen molar-refractivity contribution in [2.24, 2.45) is 0 Å². The number of nitrogens with one attached hydrogen (secondary N) is 1. The summed E-state index contributed by atoms with van der Waals surface area (Å²) in [7, 11) is -3.77. The second-order valence-corrected chi connectivity index (χ2v) is 7.65. The molecule has 0 bridgehead atoms. The molecule has 128 valence electrons. The van der Waals surface area contributed by atoms with Crippen molar-refractivity contribution in [3.8, 4) is 0 Å². The van der Waals surface area contributed by atoms with E-state index in [-0.39, 0.29) is 16.0 Å². The first kappa shape index (κ1) is 17.1. The molecule has 1 aromatic heterocycles. The van der Waals surface area contributed by atoms with E-state index in [2.05, 4.69) is 14.7 Å². The quantitative estimate of drug-likeness (QED) is 0.893. The molecule has 0 aliphatic carbocycles. The Morgan fingerprint density at radius 3 is 2.75 bits per heavy atom. The summed E-state index contributed by atoms with van der Waals surface area (Å²) < 4.78 is 40.8. The van der Waals surface area contributed by atoms with Gasteiger partial charge in [-0.15, -0.1) is 0 Å². The van der Waals surface area contributed by atoms with Crippen LogP contribution in [0.4, 0.5) is 10.3 Å². The first-order valence-electron chi connectivity index (χ1n) is 7.45. The summed E-state index contributed by atoms with van der Waals surface area (Å²) in [6.45, 7) is 1.24. The number of rotatable bonds is 4. The fourth-order valence-electron chi connectivity index (χ4n) is 2.64. The Morgan fingerprint density at radius 1 is 1.29 bits per heavy atom. The molecule has 1 fully saturated rings. The van der Waals surface area contributed by atoms with Crippen LogP contribution in [0, 0.1) is 5.82 Å². The lowest BCUT2D eigenvalue weighted by Gasteiger charge is -2.32. The van der Waals surface area contributed by atoms with Crippen LogP contribution in [0.5, 0.6) is 0 Å². The van der Waals surface area contributed by atoms with Gasteiger partial charge >= 0.3 is 0 Å². The van der Waals surface area contributed by atoms with Gasteiger partial charge in [-0.1, -0.05) is 11.6 Å². The molecule has 1 aliphatic heterocycles. The number of halogens is 2. The van der Waals surface area contributed by atoms with Gasteiger partial charge in [-0.2, -0.15) is 0 Å². The molecule has 0 amide bonds. The summed E-state index contributed by atoms with van der Waals surface area (Å²) in [5, 5.41) is -0.221. The second kappa shape index (κ2) is 7.00. The number of piperidine rings is 1. The Balaban J connectivity index is 1.73. The Kier molecular flexibility index (Phi) is 4.98. The van der Waals surface area contributed by atoms with Gasteiger partial charge in [-0.3, -0.25) is 0 Å². The van der Waals surface area contributed by atoms with E-state index in [9.17, 15) is 12.8 Å². The normalized spacial score (nSPS) is 18.6. The van der Waals surface area contributed by atoms with Crippen molar-refractivity contribution >= 4 is 27.6 Å². The first-order chi connectivity index (χ1) is 11.5. The predicted octanol–water partition coefficient (Wildman–Crippen LogP) is 2.22. The minimum Gasteiger partial charge on any atom is -0.339 e. The molecule has 24 heavy (non-hydrogen) atoms. The van der Waals surface area contributed by atoms with Gasteiger partial charge in [0.2, 0.25) is 16.0 Å². The van der Waals surface area contributed by atoms with Crippen LogP contribution < -0.4 is 9.62 Å². The van der Waals surface area contributed by atoms with E-state index in [1.807, 2.05) is 4.90 Å². The highest BCUT2D eigenvalue weighted by Crippen LogP contribution is 2.21. The molecule has 1 aromatic carbocycles. The summed E-state index contributed by atoms with van der Waals surface area (Å²) in [6.07, 6.45) is 4.82. The maximum atomic E-state index is 13.2. The summed E-state index contributed by atoms with van der Waals surface area (Å²) in [6, 6.07) is 4.80. The van der Waals surface area contributed by atoms with Crippen molar-refractivity contribution < 1.29 is 12.8 Å². The van der Waals surface area contributed by atoms with Crippen molar-refractivity contribution in [1.29, 1.82) is 0 Å². The fourth-order valence-corrected chi connectivity index (χ4v) is 4.17. The molecule has 6 nitrogen and oxygen atoms in total. The van der Waals surface area contributed by atoms with Gasteiger partial charge in [0.25, 0.3) is 0 Å². The van der Waals surface area contributed by atoms with E-state index in [1.165, 1.54) is 6.07 Å². The van der Waals surface area contributed by atoms with Crippen LogP contribution in [0.25, 0.3) is 0 Å². The highest BCUT2D eigenvalue weighted by molar-refractivity contribution is 7.89. The number of aromatic nitrogens is 2. The van der Waals surface area contributed by atoms with Gasteiger partial charge in [0.1, 0.15) is 5.82 Å². The summed E-state index contributed by atoms with van der Waals surface area (Å²) in [4.78, 5) is 10.3. The maximum absolute atomic E-state index is 13.2. The Bertz CT molecular complexity index is 819. The zero-order valence-electron chi connectivity index (χ0n) is 12.7. The topological polar surface area (TPSA) is 75.2 Å². The van der Waals surface area contributed by atoms with Gasteiger partial charge in [-0.05, 0) is 37.1 Å². The average molecular weight is 371 g/mol. The highest BCUT2D eigenvalue weighted by atomic mass is 35.5. The van der Waals surface area contributed by atoms with E-state index in [1.54, 1.807) is 18.5 Å². The van der Waals surface area contributed by atoms with Crippen LogP contribution in [-0.4, -0.2) is 37.5 Å². The lowest BCUT2D eigenvalue weighted by molar-refractivity contribution is 0.461. The van der Waals surface area contributed by atoms with Crippen LogP contribution in [0.15, 0.2) is 41.6 Å². The number of hydrogen-bond acceptors (Lipinski definition) is 5. The largest absolute Gasteiger partial charge is 0.339 e. The number of nitrogens with zero attached hydrogens (tertiary/aromatic N) is 3. The predicted molar refractivity (Wildman–Crippen MR) is 89.0 cm³/mol. The standard InChI is InChI=1S/C15H16ClFN4O2S/c16-13-9-12(4-5-14(13)17)24(22,23)20-11-3-1-8-21(10-11)15-18-6-2-7-19-15/h2,4-7,9,11,20H,1,3,8,10H2. The molecule has 1 aliphatic rings. The molecule has 0 radical (unpaired) electrons. The third-order valence-electron chi connectivity index (χ3n) is 3.78. The molecular weight excluding hydrogens is 355 g/mol. The monoisotopic (exact) mass is 370 g/mol. The van der Waals surface area contributed by atoms with Crippen LogP contribution in [0.1, 0.15) is 12.8 Å². The first-order valence-corrected chi connectivity index (χ1v) is 9.31. The van der Waals surface area contributed by atoms with Gasteiger partial charge in [-0.25, -0.2) is 27.5 Å². The van der Waals surface area contributed by atoms with Gasteiger partial charge in [0.05, 0.1) is 9.92 Å². The molecule has 9 heteroatoms. The van der Waals surface area contributed by atoms with Crippen LogP contribution in [-0.2, 0) is 10.0 Å². The van der Waals surface area contributed by atoms with E-state index < -0.39 is 15.8 Å². The molecule has 1 saturated heterocycles. The molecule has 0 saturated carbocycles. The van der Waals surface area contributed by atoms with E-state index in [0.29, 0.717) is 18.9 Å². The Hall–Kier alpha value is -1.77. The van der Waals surface area contributed by atoms with Gasteiger partial charge in [0, 0.05) is 31.5 Å². The van der Waals surface area contributed by atoms with Crippen LogP contribution in [0.3, 0.4) is 0 Å². The van der Waals surface area contributed by atoms with Gasteiger partial charge < -0.3 is 4.90 Å². The molecule has 3 rings (SSSR count). The van der Waals surface area contributed by atoms with Crippen molar-refractivity contribution in [2.75, 3.05) is 18.0 Å². The smallest absolute Gasteiger partial charge is 0.240 e. The van der Waals surface area contributed by atoms with Crippen molar-refractivity contribution in [1.82, 2.24) is 14.7 Å². The van der Waals surface area contributed by atoms with Gasteiger partial charge in [0.15, 0.2) is 0 Å². The molecule has 1 unspecified atom stereocenters. The molecule has 1 atom stereocenters. The lowest BCUT2D eigenvalue weighted by atomic mass is 10.1. The van der Waals surface area contributed by atoms with E-state index in [4.69, 9.17) is 11.6 Å². The molecule has 2 heterocycles. The number of hydrogen-bond donors (Lipinski definition) is 1. The number of sulfonamides is 1. The molecule has 0 spiro atoms. The average Bonchev–Trinajstić information content (AvgIpc) is 2.58. The second-order valence-electron chi connectivity index (χ2n) is 5.53. The zero-order chi connectivity index (χ0) is 17.2. The molecule has 2 aromatic rings. The van der Waals surface area contributed by atoms with Crippen molar-refractivity contribution in [3.63, 3.8) is 0 Å². The number of benzene rings is 1. The molecule has 1 N–H and O–H groups in total. The third-order valence-corrected chi connectivity index (χ3v) is 5.59. The minimum absolute atomic E-state index is 0.0537.